The zero-order chi connectivity index (χ0) is 18.8. The van der Waals surface area contributed by atoms with E-state index < -0.39 is 5.97 Å². The first-order valence-electron chi connectivity index (χ1n) is 9.52. The molecule has 144 valence electrons. The minimum absolute atomic E-state index is 0.0144. The number of carboxylic acid groups (broad SMARTS) is 1. The lowest BCUT2D eigenvalue weighted by molar-refractivity contribution is -0.137. The van der Waals surface area contributed by atoms with Crippen molar-refractivity contribution in [3.8, 4) is 0 Å². The Morgan fingerprint density at radius 2 is 1.96 bits per heavy atom. The van der Waals surface area contributed by atoms with Crippen molar-refractivity contribution in [1.82, 2.24) is 10.6 Å². The number of ether oxygens (including phenoxy) is 1. The first kappa shape index (κ1) is 20.2. The van der Waals surface area contributed by atoms with Crippen molar-refractivity contribution in [2.75, 3.05) is 6.61 Å². The summed E-state index contributed by atoms with van der Waals surface area (Å²) in [6, 6.07) is 9.35. The van der Waals surface area contributed by atoms with Gasteiger partial charge >= 0.3 is 12.0 Å². The monoisotopic (exact) mass is 362 g/mol. The molecular weight excluding hydrogens is 332 g/mol. The van der Waals surface area contributed by atoms with E-state index in [1.54, 1.807) is 0 Å². The number of hydrogen-bond donors (Lipinski definition) is 3. The Morgan fingerprint density at radius 3 is 2.65 bits per heavy atom. The second-order valence-corrected chi connectivity index (χ2v) is 6.82. The Hall–Kier alpha value is -2.08. The minimum Gasteiger partial charge on any atom is -0.481 e. The largest absolute Gasteiger partial charge is 0.481 e. The summed E-state index contributed by atoms with van der Waals surface area (Å²) in [6.45, 7) is 2.60. The van der Waals surface area contributed by atoms with Crippen molar-refractivity contribution in [2.24, 2.45) is 0 Å². The molecule has 0 radical (unpaired) electrons. The fraction of sp³-hybridized carbons (Fsp3) is 0.600. The maximum atomic E-state index is 12.5. The molecule has 1 aromatic rings. The van der Waals surface area contributed by atoms with Gasteiger partial charge in [-0.05, 0) is 38.2 Å². The van der Waals surface area contributed by atoms with Gasteiger partial charge in [-0.15, -0.1) is 0 Å². The number of carbonyl (C=O) groups excluding carboxylic acids is 1. The van der Waals surface area contributed by atoms with Crippen molar-refractivity contribution >= 4 is 12.0 Å². The van der Waals surface area contributed by atoms with Crippen LogP contribution in [0.5, 0.6) is 0 Å². The summed E-state index contributed by atoms with van der Waals surface area (Å²) in [7, 11) is 0. The summed E-state index contributed by atoms with van der Waals surface area (Å²) >= 11 is 0. The van der Waals surface area contributed by atoms with Crippen LogP contribution < -0.4 is 10.6 Å². The van der Waals surface area contributed by atoms with Gasteiger partial charge in [-0.2, -0.15) is 0 Å². The molecule has 0 bridgehead atoms. The van der Waals surface area contributed by atoms with Crippen molar-refractivity contribution < 1.29 is 19.4 Å². The molecule has 0 saturated heterocycles. The van der Waals surface area contributed by atoms with Crippen LogP contribution >= 0.6 is 0 Å². The maximum absolute atomic E-state index is 12.5. The van der Waals surface area contributed by atoms with Gasteiger partial charge in [0.15, 0.2) is 0 Å². The third kappa shape index (κ3) is 7.04. The van der Waals surface area contributed by atoms with E-state index in [9.17, 15) is 9.59 Å². The number of benzene rings is 1. The fourth-order valence-corrected chi connectivity index (χ4v) is 3.49. The third-order valence-electron chi connectivity index (χ3n) is 4.77. The van der Waals surface area contributed by atoms with Crippen molar-refractivity contribution in [1.29, 1.82) is 0 Å². The van der Waals surface area contributed by atoms with E-state index in [1.165, 1.54) is 0 Å². The van der Waals surface area contributed by atoms with Crippen LogP contribution in [0, 0.1) is 0 Å². The zero-order valence-electron chi connectivity index (χ0n) is 15.4. The van der Waals surface area contributed by atoms with Gasteiger partial charge in [0.25, 0.3) is 0 Å². The van der Waals surface area contributed by atoms with E-state index in [2.05, 4.69) is 10.6 Å². The highest BCUT2D eigenvalue weighted by molar-refractivity contribution is 5.75. The Bertz CT molecular complexity index is 562. The second kappa shape index (κ2) is 10.8. The Kier molecular flexibility index (Phi) is 8.41. The fourth-order valence-electron chi connectivity index (χ4n) is 3.49. The first-order valence-corrected chi connectivity index (χ1v) is 9.52. The van der Waals surface area contributed by atoms with Gasteiger partial charge in [-0.1, -0.05) is 43.2 Å². The molecule has 0 aliphatic heterocycles. The zero-order valence-corrected chi connectivity index (χ0v) is 15.4. The predicted molar refractivity (Wildman–Crippen MR) is 100 cm³/mol. The molecule has 0 aromatic heterocycles. The van der Waals surface area contributed by atoms with Crippen LogP contribution in [0.3, 0.4) is 0 Å². The Balaban J connectivity index is 1.92. The maximum Gasteiger partial charge on any atom is 0.315 e. The Labute approximate surface area is 155 Å². The number of carboxylic acids is 1. The summed E-state index contributed by atoms with van der Waals surface area (Å²) in [5.74, 6) is -0.853. The van der Waals surface area contributed by atoms with Gasteiger partial charge in [0.05, 0.1) is 12.1 Å². The SMILES string of the molecule is CCO[C@@H]1CCCC[C@H]1NC(=O)NC(CCC(=O)O)Cc1ccccc1. The van der Waals surface area contributed by atoms with Crippen LogP contribution in [-0.4, -0.2) is 41.9 Å². The van der Waals surface area contributed by atoms with Gasteiger partial charge < -0.3 is 20.5 Å². The van der Waals surface area contributed by atoms with Crippen LogP contribution in [0.1, 0.15) is 51.0 Å². The van der Waals surface area contributed by atoms with Crippen LogP contribution in [-0.2, 0) is 16.0 Å². The van der Waals surface area contributed by atoms with Gasteiger partial charge in [0, 0.05) is 19.1 Å². The Morgan fingerprint density at radius 1 is 1.23 bits per heavy atom. The molecule has 1 unspecified atom stereocenters. The molecule has 1 aliphatic carbocycles. The second-order valence-electron chi connectivity index (χ2n) is 6.82. The molecule has 26 heavy (non-hydrogen) atoms. The molecule has 2 amide bonds. The molecular formula is C20H30N2O4. The molecule has 1 aromatic carbocycles. The number of carbonyl (C=O) groups is 2. The van der Waals surface area contributed by atoms with E-state index in [-0.39, 0.29) is 30.6 Å². The average Bonchev–Trinajstić information content (AvgIpc) is 2.62. The molecule has 1 saturated carbocycles. The lowest BCUT2D eigenvalue weighted by Gasteiger charge is -2.32. The highest BCUT2D eigenvalue weighted by Crippen LogP contribution is 2.21. The molecule has 0 heterocycles. The lowest BCUT2D eigenvalue weighted by atomic mass is 9.92. The van der Waals surface area contributed by atoms with Gasteiger partial charge in [0.1, 0.15) is 0 Å². The molecule has 1 fully saturated rings. The van der Waals surface area contributed by atoms with Gasteiger partial charge in [-0.25, -0.2) is 4.79 Å². The van der Waals surface area contributed by atoms with Crippen LogP contribution in [0.2, 0.25) is 0 Å². The van der Waals surface area contributed by atoms with Gasteiger partial charge in [-0.3, -0.25) is 4.79 Å². The molecule has 6 heteroatoms. The van der Waals surface area contributed by atoms with Crippen molar-refractivity contribution in [2.45, 2.75) is 70.1 Å². The molecule has 1 aliphatic rings. The van der Waals surface area contributed by atoms with Gasteiger partial charge in [0.2, 0.25) is 0 Å². The van der Waals surface area contributed by atoms with E-state index in [1.807, 2.05) is 37.3 Å². The number of rotatable bonds is 9. The summed E-state index contributed by atoms with van der Waals surface area (Å²) < 4.78 is 5.76. The number of amides is 2. The minimum atomic E-state index is -0.853. The number of hydrogen-bond acceptors (Lipinski definition) is 3. The summed E-state index contributed by atoms with van der Waals surface area (Å²) in [4.78, 5) is 23.4. The number of nitrogens with one attached hydrogen (secondary N) is 2. The highest BCUT2D eigenvalue weighted by atomic mass is 16.5. The molecule has 2 rings (SSSR count). The standard InChI is InChI=1S/C20H30N2O4/c1-2-26-18-11-7-6-10-17(18)22-20(25)21-16(12-13-19(23)24)14-15-8-4-3-5-9-15/h3-5,8-9,16-18H,2,6-7,10-14H2,1H3,(H,23,24)(H2,21,22,25)/t16?,17-,18-/m1/s1. The van der Waals surface area contributed by atoms with Crippen molar-refractivity contribution in [3.63, 3.8) is 0 Å². The normalized spacial score (nSPS) is 21.0. The molecule has 3 N–H and O–H groups in total. The predicted octanol–water partition coefficient (Wildman–Crippen LogP) is 3.11. The molecule has 3 atom stereocenters. The van der Waals surface area contributed by atoms with E-state index in [0.717, 1.165) is 31.2 Å². The molecule has 6 nitrogen and oxygen atoms in total. The van der Waals surface area contributed by atoms with E-state index in [4.69, 9.17) is 9.84 Å². The molecule has 0 spiro atoms. The first-order chi connectivity index (χ1) is 12.6. The summed E-state index contributed by atoms with van der Waals surface area (Å²) in [6.07, 6.45) is 5.19. The topological polar surface area (TPSA) is 87.7 Å². The van der Waals surface area contributed by atoms with Crippen LogP contribution in [0.25, 0.3) is 0 Å². The number of urea groups is 1. The summed E-state index contributed by atoms with van der Waals surface area (Å²) in [5, 5.41) is 15.0. The smallest absolute Gasteiger partial charge is 0.315 e. The number of aliphatic carboxylic acids is 1. The third-order valence-corrected chi connectivity index (χ3v) is 4.77. The summed E-state index contributed by atoms with van der Waals surface area (Å²) in [5.41, 5.74) is 1.08. The van der Waals surface area contributed by atoms with E-state index in [0.29, 0.717) is 19.4 Å². The highest BCUT2D eigenvalue weighted by Gasteiger charge is 2.27. The quantitative estimate of drug-likeness (QED) is 0.630. The van der Waals surface area contributed by atoms with Crippen molar-refractivity contribution in [3.05, 3.63) is 35.9 Å². The van der Waals surface area contributed by atoms with E-state index >= 15 is 0 Å². The average molecular weight is 362 g/mol. The van der Waals surface area contributed by atoms with Crippen LogP contribution in [0.15, 0.2) is 30.3 Å². The van der Waals surface area contributed by atoms with Crippen LogP contribution in [0.4, 0.5) is 4.79 Å². The lowest BCUT2D eigenvalue weighted by Crippen LogP contribution is -2.52.